The van der Waals surface area contributed by atoms with Crippen LogP contribution in [0.15, 0.2) is 47.4 Å². The molecule has 1 aliphatic rings. The number of nitrogens with one attached hydrogen (secondary N) is 1. The maximum Gasteiger partial charge on any atom is 0.338 e. The number of non-ortho nitro benzene ring substituents is 1. The molecule has 1 saturated heterocycles. The number of carbonyl (C=O) groups excluding carboxylic acids is 2. The Morgan fingerprint density at radius 1 is 1.09 bits per heavy atom. The van der Waals surface area contributed by atoms with Gasteiger partial charge in [0.25, 0.3) is 11.6 Å². The normalized spacial score (nSPS) is 14.5. The number of hydrogen-bond acceptors (Lipinski definition) is 7. The SMILES string of the molecule is O=C(COC(=O)c1ccc(F)c(S(=O)(=O)N2CCCCC2)c1)Nc1ccc([N+](=O)[O-])cc1. The van der Waals surface area contributed by atoms with Crippen LogP contribution in [-0.4, -0.2) is 49.2 Å². The minimum absolute atomic E-state index is 0.152. The largest absolute Gasteiger partial charge is 0.452 e. The Morgan fingerprint density at radius 2 is 1.75 bits per heavy atom. The fraction of sp³-hybridized carbons (Fsp3) is 0.300. The van der Waals surface area contributed by atoms with E-state index in [2.05, 4.69) is 5.32 Å². The van der Waals surface area contributed by atoms with Gasteiger partial charge in [0, 0.05) is 30.9 Å². The summed E-state index contributed by atoms with van der Waals surface area (Å²) in [6.45, 7) is -0.139. The lowest BCUT2D eigenvalue weighted by Gasteiger charge is -2.26. The molecular formula is C20H20FN3O7S. The number of nitro groups is 1. The number of amides is 1. The number of hydrogen-bond donors (Lipinski definition) is 1. The van der Waals surface area contributed by atoms with E-state index in [0.29, 0.717) is 12.8 Å². The van der Waals surface area contributed by atoms with Crippen molar-refractivity contribution in [1.82, 2.24) is 4.31 Å². The molecule has 2 aromatic rings. The lowest BCUT2D eigenvalue weighted by Crippen LogP contribution is -2.36. The second kappa shape index (κ2) is 9.83. The van der Waals surface area contributed by atoms with Gasteiger partial charge in [0.05, 0.1) is 10.5 Å². The number of sulfonamides is 1. The second-order valence-electron chi connectivity index (χ2n) is 7.04. The molecule has 0 aliphatic carbocycles. The zero-order chi connectivity index (χ0) is 23.3. The predicted octanol–water partition coefficient (Wildman–Crippen LogP) is 2.70. The minimum atomic E-state index is -4.11. The van der Waals surface area contributed by atoms with Crippen LogP contribution in [0.3, 0.4) is 0 Å². The number of halogens is 1. The first-order chi connectivity index (χ1) is 15.2. The lowest BCUT2D eigenvalue weighted by atomic mass is 10.2. The molecule has 1 aliphatic heterocycles. The first-order valence-corrected chi connectivity index (χ1v) is 11.1. The van der Waals surface area contributed by atoms with Crippen molar-refractivity contribution >= 4 is 33.3 Å². The third kappa shape index (κ3) is 5.45. The molecule has 1 amide bonds. The van der Waals surface area contributed by atoms with Crippen LogP contribution >= 0.6 is 0 Å². The van der Waals surface area contributed by atoms with Gasteiger partial charge >= 0.3 is 5.97 Å². The Hall–Kier alpha value is -3.38. The molecule has 170 valence electrons. The summed E-state index contributed by atoms with van der Waals surface area (Å²) >= 11 is 0. The number of piperidine rings is 1. The molecule has 0 spiro atoms. The summed E-state index contributed by atoms with van der Waals surface area (Å²) in [7, 11) is -4.11. The standard InChI is InChI=1S/C20H20FN3O7S/c21-17-9-4-14(12-18(17)32(29,30)23-10-2-1-3-11-23)20(26)31-13-19(25)22-15-5-7-16(8-6-15)24(27)28/h4-9,12H,1-3,10-11,13H2,(H,22,25). The summed E-state index contributed by atoms with van der Waals surface area (Å²) in [5.74, 6) is -2.70. The molecule has 3 rings (SSSR count). The number of rotatable bonds is 7. The van der Waals surface area contributed by atoms with Gasteiger partial charge in [-0.15, -0.1) is 0 Å². The molecule has 1 N–H and O–H groups in total. The number of ether oxygens (including phenoxy) is 1. The molecule has 1 fully saturated rings. The predicted molar refractivity (Wildman–Crippen MR) is 111 cm³/mol. The molecule has 0 bridgehead atoms. The highest BCUT2D eigenvalue weighted by Crippen LogP contribution is 2.24. The van der Waals surface area contributed by atoms with Gasteiger partial charge in [-0.1, -0.05) is 6.42 Å². The Bertz CT molecular complexity index is 1130. The van der Waals surface area contributed by atoms with E-state index in [0.717, 1.165) is 24.6 Å². The summed E-state index contributed by atoms with van der Waals surface area (Å²) in [4.78, 5) is 33.7. The van der Waals surface area contributed by atoms with Crippen molar-refractivity contribution in [1.29, 1.82) is 0 Å². The molecule has 0 radical (unpaired) electrons. The van der Waals surface area contributed by atoms with Crippen LogP contribution in [0.4, 0.5) is 15.8 Å². The highest BCUT2D eigenvalue weighted by atomic mass is 32.2. The molecule has 0 saturated carbocycles. The third-order valence-electron chi connectivity index (χ3n) is 4.80. The van der Waals surface area contributed by atoms with Crippen LogP contribution in [0.25, 0.3) is 0 Å². The van der Waals surface area contributed by atoms with Gasteiger partial charge in [0.2, 0.25) is 10.0 Å². The molecule has 0 atom stereocenters. The van der Waals surface area contributed by atoms with Crippen molar-refractivity contribution in [3.8, 4) is 0 Å². The van der Waals surface area contributed by atoms with Gasteiger partial charge in [-0.2, -0.15) is 4.31 Å². The van der Waals surface area contributed by atoms with Crippen LogP contribution in [0.2, 0.25) is 0 Å². The average molecular weight is 465 g/mol. The molecule has 10 nitrogen and oxygen atoms in total. The van der Waals surface area contributed by atoms with Gasteiger partial charge in [-0.3, -0.25) is 14.9 Å². The first kappa shape index (κ1) is 23.3. The van der Waals surface area contributed by atoms with Crippen molar-refractivity contribution in [3.05, 3.63) is 64.0 Å². The van der Waals surface area contributed by atoms with Crippen LogP contribution in [0, 0.1) is 15.9 Å². The fourth-order valence-corrected chi connectivity index (χ4v) is 4.76. The van der Waals surface area contributed by atoms with Gasteiger partial charge in [0.1, 0.15) is 10.7 Å². The molecule has 2 aromatic carbocycles. The lowest BCUT2D eigenvalue weighted by molar-refractivity contribution is -0.384. The smallest absolute Gasteiger partial charge is 0.338 e. The monoisotopic (exact) mass is 465 g/mol. The Morgan fingerprint density at radius 3 is 2.38 bits per heavy atom. The van der Waals surface area contributed by atoms with E-state index in [1.807, 2.05) is 0 Å². The second-order valence-corrected chi connectivity index (χ2v) is 8.94. The third-order valence-corrected chi connectivity index (χ3v) is 6.71. The molecule has 12 heteroatoms. The van der Waals surface area contributed by atoms with Crippen molar-refractivity contribution in [2.45, 2.75) is 24.2 Å². The van der Waals surface area contributed by atoms with Gasteiger partial charge in [-0.25, -0.2) is 17.6 Å². The van der Waals surface area contributed by atoms with E-state index in [-0.39, 0.29) is 30.0 Å². The zero-order valence-corrected chi connectivity index (χ0v) is 17.6. The van der Waals surface area contributed by atoms with Crippen molar-refractivity contribution < 1.29 is 32.1 Å². The number of nitro benzene ring substituents is 1. The van der Waals surface area contributed by atoms with Crippen molar-refractivity contribution in [3.63, 3.8) is 0 Å². The van der Waals surface area contributed by atoms with Crippen LogP contribution < -0.4 is 5.32 Å². The highest BCUT2D eigenvalue weighted by Gasteiger charge is 2.29. The molecule has 0 aromatic heterocycles. The fourth-order valence-electron chi connectivity index (χ4n) is 3.15. The van der Waals surface area contributed by atoms with E-state index < -0.39 is 44.1 Å². The summed E-state index contributed by atoms with van der Waals surface area (Å²) in [5.41, 5.74) is -0.112. The van der Waals surface area contributed by atoms with Crippen molar-refractivity contribution in [2.75, 3.05) is 25.0 Å². The Labute approximate surface area is 183 Å². The summed E-state index contributed by atoms with van der Waals surface area (Å²) in [6, 6.07) is 7.86. The summed E-state index contributed by atoms with van der Waals surface area (Å²) in [6.07, 6.45) is 2.24. The number of benzene rings is 2. The van der Waals surface area contributed by atoms with E-state index >= 15 is 0 Å². The maximum absolute atomic E-state index is 14.3. The van der Waals surface area contributed by atoms with Gasteiger partial charge in [0.15, 0.2) is 6.61 Å². The zero-order valence-electron chi connectivity index (χ0n) is 16.8. The molecule has 1 heterocycles. The number of nitrogens with zero attached hydrogens (tertiary/aromatic N) is 2. The topological polar surface area (TPSA) is 136 Å². The van der Waals surface area contributed by atoms with E-state index in [1.54, 1.807) is 0 Å². The average Bonchev–Trinajstić information content (AvgIpc) is 2.78. The van der Waals surface area contributed by atoms with E-state index in [9.17, 15) is 32.5 Å². The quantitative estimate of drug-likeness (QED) is 0.377. The van der Waals surface area contributed by atoms with Gasteiger partial charge < -0.3 is 10.1 Å². The van der Waals surface area contributed by atoms with E-state index in [1.165, 1.54) is 28.6 Å². The minimum Gasteiger partial charge on any atom is -0.452 e. The highest BCUT2D eigenvalue weighted by molar-refractivity contribution is 7.89. The number of anilines is 1. The van der Waals surface area contributed by atoms with Gasteiger partial charge in [-0.05, 0) is 43.2 Å². The molecule has 32 heavy (non-hydrogen) atoms. The Kier molecular flexibility index (Phi) is 7.15. The van der Waals surface area contributed by atoms with E-state index in [4.69, 9.17) is 4.74 Å². The van der Waals surface area contributed by atoms with Crippen molar-refractivity contribution in [2.24, 2.45) is 0 Å². The maximum atomic E-state index is 14.3. The summed E-state index contributed by atoms with van der Waals surface area (Å²) < 4.78 is 45.8. The van der Waals surface area contributed by atoms with Crippen LogP contribution in [0.1, 0.15) is 29.6 Å². The molecular weight excluding hydrogens is 445 g/mol. The van der Waals surface area contributed by atoms with Crippen LogP contribution in [0.5, 0.6) is 0 Å². The number of carbonyl (C=O) groups is 2. The molecule has 0 unspecified atom stereocenters. The first-order valence-electron chi connectivity index (χ1n) is 9.69. The summed E-state index contributed by atoms with van der Waals surface area (Å²) in [5, 5.41) is 13.0. The Balaban J connectivity index is 1.64. The number of esters is 1. The van der Waals surface area contributed by atoms with Crippen LogP contribution in [-0.2, 0) is 19.6 Å².